The third kappa shape index (κ3) is 5.39. The largest absolute Gasteiger partial charge is 0.478 e. The highest BCUT2D eigenvalue weighted by atomic mass is 16.4. The number of carbonyl (C=O) groups is 2. The summed E-state index contributed by atoms with van der Waals surface area (Å²) in [5.74, 6) is -1.63. The maximum Gasteiger partial charge on any atom is 0.335 e. The van der Waals surface area contributed by atoms with Crippen LogP contribution in [-0.2, 0) is 0 Å². The lowest BCUT2D eigenvalue weighted by molar-refractivity contribution is 0.0685. The second-order valence-corrected chi connectivity index (χ2v) is 9.48. The first-order valence-electron chi connectivity index (χ1n) is 13.0. The van der Waals surface area contributed by atoms with Crippen molar-refractivity contribution in [3.05, 3.63) is 144 Å². The molecule has 42 heavy (non-hydrogen) atoms. The molecule has 1 unspecified atom stereocenters. The number of benzene rings is 2. The van der Waals surface area contributed by atoms with E-state index >= 15 is 0 Å². The summed E-state index contributed by atoms with van der Waals surface area (Å²) in [5, 5.41) is 22.4. The summed E-state index contributed by atoms with van der Waals surface area (Å²) in [6, 6.07) is 27.0. The minimum Gasteiger partial charge on any atom is -0.478 e. The highest BCUT2D eigenvalue weighted by molar-refractivity contribution is 5.90. The van der Waals surface area contributed by atoms with Crippen LogP contribution in [0.1, 0.15) is 38.2 Å². The molecule has 9 nitrogen and oxygen atoms in total. The molecule has 206 valence electrons. The molecule has 9 heteroatoms. The molecule has 3 aromatic heterocycles. The fourth-order valence-corrected chi connectivity index (χ4v) is 4.73. The van der Waals surface area contributed by atoms with Gasteiger partial charge in [0.25, 0.3) is 0 Å². The second-order valence-electron chi connectivity index (χ2n) is 9.48. The number of nitrogens with zero attached hydrogens (tertiary/aromatic N) is 3. The Morgan fingerprint density at radius 3 is 2.12 bits per heavy atom. The minimum atomic E-state index is -1.14. The first-order chi connectivity index (χ1) is 20.5. The van der Waals surface area contributed by atoms with Gasteiger partial charge in [0.05, 0.1) is 39.9 Å². The molecule has 0 spiro atoms. The number of nitrogens with one attached hydrogen (secondary N) is 1. The number of hydrogen-bond acceptors (Lipinski definition) is 7. The molecule has 0 saturated heterocycles. The van der Waals surface area contributed by atoms with Crippen molar-refractivity contribution < 1.29 is 24.2 Å². The Hall–Kier alpha value is -5.96. The van der Waals surface area contributed by atoms with E-state index in [4.69, 9.17) is 4.42 Å². The lowest BCUT2D eigenvalue weighted by atomic mass is 10.0. The van der Waals surface area contributed by atoms with E-state index in [2.05, 4.69) is 20.2 Å². The molecular weight excluding hydrogens is 532 g/mol. The number of hydrogen-bond donors (Lipinski definition) is 3. The average molecular weight is 557 g/mol. The summed E-state index contributed by atoms with van der Waals surface area (Å²) >= 11 is 0. The molecule has 4 heterocycles. The van der Waals surface area contributed by atoms with Crippen LogP contribution in [0.4, 0.5) is 17.1 Å². The van der Waals surface area contributed by atoms with Crippen LogP contribution in [0.5, 0.6) is 0 Å². The van der Waals surface area contributed by atoms with Crippen LogP contribution in [0, 0.1) is 0 Å². The first-order valence-corrected chi connectivity index (χ1v) is 13.0. The molecule has 0 aliphatic carbocycles. The molecule has 6 rings (SSSR count). The van der Waals surface area contributed by atoms with Crippen LogP contribution in [0.15, 0.2) is 126 Å². The molecule has 0 saturated carbocycles. The minimum absolute atomic E-state index is 0.00507. The summed E-state index contributed by atoms with van der Waals surface area (Å²) in [6.07, 6.45) is 8.58. The van der Waals surface area contributed by atoms with Gasteiger partial charge in [-0.2, -0.15) is 0 Å². The van der Waals surface area contributed by atoms with Crippen molar-refractivity contribution in [2.45, 2.75) is 6.04 Å². The van der Waals surface area contributed by atoms with Gasteiger partial charge in [0.1, 0.15) is 12.0 Å². The van der Waals surface area contributed by atoms with Gasteiger partial charge in [-0.25, -0.2) is 14.6 Å². The van der Waals surface area contributed by atoms with Gasteiger partial charge < -0.3 is 24.8 Å². The third-order valence-electron chi connectivity index (χ3n) is 6.72. The Morgan fingerprint density at radius 1 is 0.786 bits per heavy atom. The quantitative estimate of drug-likeness (QED) is 0.188. The van der Waals surface area contributed by atoms with E-state index in [0.717, 1.165) is 22.6 Å². The Labute approximate surface area is 240 Å². The SMILES string of the molecule is O=C(O)c1ccnc(-c2cc(C(=O)O)cc(C3C=C(c4cc(N(c5ccccc5)c5ccccc5)co4)C=CN3)n2)c1. The summed E-state index contributed by atoms with van der Waals surface area (Å²) in [4.78, 5) is 34.4. The van der Waals surface area contributed by atoms with Crippen LogP contribution >= 0.6 is 0 Å². The van der Waals surface area contributed by atoms with Gasteiger partial charge in [-0.1, -0.05) is 36.4 Å². The number of para-hydroxylation sites is 2. The highest BCUT2D eigenvalue weighted by Crippen LogP contribution is 2.37. The Balaban J connectivity index is 1.36. The van der Waals surface area contributed by atoms with Crippen molar-refractivity contribution in [2.24, 2.45) is 0 Å². The predicted molar refractivity (Wildman–Crippen MR) is 158 cm³/mol. The Kier molecular flexibility index (Phi) is 7.05. The van der Waals surface area contributed by atoms with E-state index < -0.39 is 18.0 Å². The molecule has 1 atom stereocenters. The zero-order chi connectivity index (χ0) is 29.1. The highest BCUT2D eigenvalue weighted by Gasteiger charge is 2.21. The number of dihydropyridines is 1. The van der Waals surface area contributed by atoms with Crippen LogP contribution in [-0.4, -0.2) is 32.1 Å². The number of anilines is 3. The van der Waals surface area contributed by atoms with Crippen LogP contribution in [0.2, 0.25) is 0 Å². The average Bonchev–Trinajstić information content (AvgIpc) is 3.52. The van der Waals surface area contributed by atoms with Crippen molar-refractivity contribution in [2.75, 3.05) is 4.90 Å². The van der Waals surface area contributed by atoms with Crippen LogP contribution in [0.25, 0.3) is 17.0 Å². The molecule has 0 amide bonds. The number of carboxylic acids is 2. The van der Waals surface area contributed by atoms with Crippen molar-refractivity contribution in [3.63, 3.8) is 0 Å². The van der Waals surface area contributed by atoms with Gasteiger partial charge in [0.2, 0.25) is 0 Å². The standard InChI is InChI=1S/C33H24N4O5/c38-32(39)22-12-14-35-28(16-22)30-18-23(33(40)41)17-29(36-30)27-15-21(11-13-34-27)31-19-26(20-42-31)37(24-7-3-1-4-8-24)25-9-5-2-6-10-25/h1-20,27,34H,(H,38,39)(H,40,41). The molecule has 2 aromatic carbocycles. The number of aromatic carboxylic acids is 2. The topological polar surface area (TPSA) is 129 Å². The van der Waals surface area contributed by atoms with Crippen molar-refractivity contribution in [1.82, 2.24) is 15.3 Å². The van der Waals surface area contributed by atoms with Gasteiger partial charge in [-0.05, 0) is 66.9 Å². The monoisotopic (exact) mass is 556 g/mol. The van der Waals surface area contributed by atoms with E-state index in [-0.39, 0.29) is 22.5 Å². The zero-order valence-electron chi connectivity index (χ0n) is 22.1. The maximum atomic E-state index is 12.0. The van der Waals surface area contributed by atoms with Gasteiger partial charge in [0, 0.05) is 29.2 Å². The fourth-order valence-electron chi connectivity index (χ4n) is 4.73. The van der Waals surface area contributed by atoms with Gasteiger partial charge >= 0.3 is 11.9 Å². The van der Waals surface area contributed by atoms with Crippen molar-refractivity contribution in [1.29, 1.82) is 0 Å². The Morgan fingerprint density at radius 2 is 1.45 bits per heavy atom. The number of pyridine rings is 2. The molecule has 5 aromatic rings. The maximum absolute atomic E-state index is 12.0. The zero-order valence-corrected chi connectivity index (χ0v) is 22.1. The molecule has 1 aliphatic rings. The van der Waals surface area contributed by atoms with E-state index in [0.29, 0.717) is 11.5 Å². The smallest absolute Gasteiger partial charge is 0.335 e. The van der Waals surface area contributed by atoms with Gasteiger partial charge in [0.15, 0.2) is 0 Å². The first kappa shape index (κ1) is 26.3. The summed E-state index contributed by atoms with van der Waals surface area (Å²) in [7, 11) is 0. The van der Waals surface area contributed by atoms with Gasteiger partial charge in [-0.15, -0.1) is 0 Å². The number of allylic oxidation sites excluding steroid dienone is 2. The molecule has 0 fully saturated rings. The van der Waals surface area contributed by atoms with Crippen molar-refractivity contribution in [3.8, 4) is 11.4 Å². The molecule has 0 radical (unpaired) electrons. The number of furan rings is 1. The molecule has 0 bridgehead atoms. The summed E-state index contributed by atoms with van der Waals surface area (Å²) < 4.78 is 6.03. The van der Waals surface area contributed by atoms with Crippen LogP contribution < -0.4 is 10.2 Å². The molecule has 3 N–H and O–H groups in total. The van der Waals surface area contributed by atoms with E-state index in [1.54, 1.807) is 12.5 Å². The van der Waals surface area contributed by atoms with E-state index in [1.165, 1.54) is 30.5 Å². The summed E-state index contributed by atoms with van der Waals surface area (Å²) in [6.45, 7) is 0. The lowest BCUT2D eigenvalue weighted by Crippen LogP contribution is -2.18. The molecule has 1 aliphatic heterocycles. The summed E-state index contributed by atoms with van der Waals surface area (Å²) in [5.41, 5.74) is 4.54. The lowest BCUT2D eigenvalue weighted by Gasteiger charge is -2.23. The van der Waals surface area contributed by atoms with Crippen molar-refractivity contribution >= 4 is 34.6 Å². The predicted octanol–water partition coefficient (Wildman–Crippen LogP) is 6.84. The van der Waals surface area contributed by atoms with Crippen LogP contribution in [0.3, 0.4) is 0 Å². The Bertz CT molecular complexity index is 1790. The van der Waals surface area contributed by atoms with E-state index in [9.17, 15) is 19.8 Å². The second kappa shape index (κ2) is 11.3. The molecular formula is C33H24N4O5. The number of rotatable bonds is 8. The normalized spacial score (nSPS) is 14.1. The fraction of sp³-hybridized carbons (Fsp3) is 0.0303. The number of carboxylic acid groups (broad SMARTS) is 2. The van der Waals surface area contributed by atoms with Gasteiger partial charge in [-0.3, -0.25) is 4.98 Å². The van der Waals surface area contributed by atoms with E-state index in [1.807, 2.05) is 78.9 Å². The number of aromatic nitrogens is 2. The third-order valence-corrected chi connectivity index (χ3v) is 6.72.